The number of rotatable bonds is 0. The van der Waals surface area contributed by atoms with Gasteiger partial charge in [-0.15, -0.1) is 0 Å². The van der Waals surface area contributed by atoms with Gasteiger partial charge >= 0.3 is 0 Å². The molecule has 174 valence electrons. The molecule has 1 spiro atoms. The summed E-state index contributed by atoms with van der Waals surface area (Å²) < 4.78 is 0. The Bertz CT molecular complexity index is 1780. The lowest BCUT2D eigenvalue weighted by Gasteiger charge is -2.47. The van der Waals surface area contributed by atoms with Crippen LogP contribution < -0.4 is 0 Å². The summed E-state index contributed by atoms with van der Waals surface area (Å²) >= 11 is 0. The Hall–Kier alpha value is -4.62. The standard InChI is InChI=1S/C36H24O/c37-34-21-20-33-35-29(34)16-9-19-32(35)36(33)30-17-7-5-14-27(30)25-12-3-1-10-23(25)22-24-11-2-4-13-26(24)28-15-6-8-18-31(28)36/h1-21,37H,22H2. The fraction of sp³-hybridized carbons (Fsp3) is 0.0556. The van der Waals surface area contributed by atoms with E-state index in [9.17, 15) is 5.11 Å². The monoisotopic (exact) mass is 472 g/mol. The van der Waals surface area contributed by atoms with Gasteiger partial charge in [-0.05, 0) is 73.5 Å². The van der Waals surface area contributed by atoms with Crippen molar-refractivity contribution in [1.82, 2.24) is 0 Å². The van der Waals surface area contributed by atoms with Crippen LogP contribution in [-0.4, -0.2) is 5.11 Å². The van der Waals surface area contributed by atoms with Crippen molar-refractivity contribution in [3.05, 3.63) is 161 Å². The number of hydrogen-bond donors (Lipinski definition) is 1. The molecule has 0 amide bonds. The molecule has 0 aromatic heterocycles. The average Bonchev–Trinajstić information content (AvgIpc) is 2.95. The lowest BCUT2D eigenvalue weighted by atomic mass is 9.54. The van der Waals surface area contributed by atoms with Crippen LogP contribution in [0.5, 0.6) is 5.75 Å². The second-order valence-electron chi connectivity index (χ2n) is 10.2. The van der Waals surface area contributed by atoms with Crippen LogP contribution in [0.3, 0.4) is 0 Å². The smallest absolute Gasteiger partial charge is 0.123 e. The number of fused-ring (bicyclic) bond motifs is 10. The van der Waals surface area contributed by atoms with E-state index in [1.54, 1.807) is 0 Å². The Balaban J connectivity index is 1.60. The molecule has 0 heterocycles. The first-order valence-corrected chi connectivity index (χ1v) is 12.9. The zero-order valence-corrected chi connectivity index (χ0v) is 20.3. The highest BCUT2D eigenvalue weighted by molar-refractivity contribution is 6.05. The SMILES string of the molecule is Oc1ccc2c3c(cccc13)C21c2ccccc2-c2ccccc2Cc2ccccc2-c2ccccc21. The van der Waals surface area contributed by atoms with Gasteiger partial charge in [-0.3, -0.25) is 0 Å². The molecule has 37 heavy (non-hydrogen) atoms. The summed E-state index contributed by atoms with van der Waals surface area (Å²) in [6, 6.07) is 45.9. The summed E-state index contributed by atoms with van der Waals surface area (Å²) in [7, 11) is 0. The third-order valence-corrected chi connectivity index (χ3v) is 8.48. The minimum atomic E-state index is -0.451. The number of phenols is 1. The Morgan fingerprint density at radius 1 is 0.432 bits per heavy atom. The van der Waals surface area contributed by atoms with Gasteiger partial charge in [0.1, 0.15) is 5.75 Å². The van der Waals surface area contributed by atoms with Gasteiger partial charge in [-0.25, -0.2) is 0 Å². The van der Waals surface area contributed by atoms with Gasteiger partial charge in [-0.1, -0.05) is 121 Å². The van der Waals surface area contributed by atoms with Gasteiger partial charge in [0.15, 0.2) is 0 Å². The number of hydrogen-bond acceptors (Lipinski definition) is 1. The topological polar surface area (TPSA) is 20.2 Å². The van der Waals surface area contributed by atoms with Crippen molar-refractivity contribution in [2.24, 2.45) is 0 Å². The van der Waals surface area contributed by atoms with Crippen molar-refractivity contribution < 1.29 is 5.11 Å². The predicted molar refractivity (Wildman–Crippen MR) is 151 cm³/mol. The van der Waals surface area contributed by atoms with E-state index in [-0.39, 0.29) is 0 Å². The van der Waals surface area contributed by atoms with Crippen LogP contribution in [0.25, 0.3) is 33.0 Å². The fourth-order valence-electron chi connectivity index (χ4n) is 6.99. The highest BCUT2D eigenvalue weighted by Crippen LogP contribution is 2.61. The third kappa shape index (κ3) is 2.58. The molecule has 2 aliphatic rings. The van der Waals surface area contributed by atoms with E-state index >= 15 is 0 Å². The van der Waals surface area contributed by atoms with Crippen molar-refractivity contribution >= 4 is 10.8 Å². The largest absolute Gasteiger partial charge is 0.507 e. The number of benzene rings is 6. The van der Waals surface area contributed by atoms with Crippen molar-refractivity contribution in [3.8, 4) is 28.0 Å². The maximum Gasteiger partial charge on any atom is 0.123 e. The van der Waals surface area contributed by atoms with Gasteiger partial charge in [0.25, 0.3) is 0 Å². The van der Waals surface area contributed by atoms with E-state index in [2.05, 4.69) is 115 Å². The molecule has 6 aromatic rings. The van der Waals surface area contributed by atoms with Crippen LogP contribution in [0.4, 0.5) is 0 Å². The van der Waals surface area contributed by atoms with Crippen molar-refractivity contribution in [2.45, 2.75) is 11.8 Å². The number of phenolic OH excluding ortho intramolecular Hbond substituents is 1. The van der Waals surface area contributed by atoms with E-state index in [1.165, 1.54) is 61.0 Å². The maximum atomic E-state index is 10.7. The van der Waals surface area contributed by atoms with Crippen LogP contribution in [0, 0.1) is 0 Å². The molecular formula is C36H24O. The lowest BCUT2D eigenvalue weighted by molar-refractivity contribution is 0.481. The Morgan fingerprint density at radius 2 is 0.919 bits per heavy atom. The molecule has 0 radical (unpaired) electrons. The highest BCUT2D eigenvalue weighted by atomic mass is 16.3. The summed E-state index contributed by atoms with van der Waals surface area (Å²) in [6.07, 6.45) is 0.877. The zero-order valence-electron chi connectivity index (χ0n) is 20.3. The van der Waals surface area contributed by atoms with E-state index in [0.717, 1.165) is 11.8 Å². The summed E-state index contributed by atoms with van der Waals surface area (Å²) in [6.45, 7) is 0. The lowest BCUT2D eigenvalue weighted by Crippen LogP contribution is -2.39. The quantitative estimate of drug-likeness (QED) is 0.235. The predicted octanol–water partition coefficient (Wildman–Crippen LogP) is 8.48. The van der Waals surface area contributed by atoms with Crippen molar-refractivity contribution in [2.75, 3.05) is 0 Å². The molecule has 0 atom stereocenters. The van der Waals surface area contributed by atoms with E-state index < -0.39 is 5.41 Å². The second-order valence-corrected chi connectivity index (χ2v) is 10.2. The van der Waals surface area contributed by atoms with Crippen LogP contribution in [0.1, 0.15) is 33.4 Å². The molecule has 0 saturated carbocycles. The Kier molecular flexibility index (Phi) is 4.14. The number of aromatic hydroxyl groups is 1. The minimum absolute atomic E-state index is 0.340. The minimum Gasteiger partial charge on any atom is -0.507 e. The molecule has 0 saturated heterocycles. The van der Waals surface area contributed by atoms with Gasteiger partial charge in [0.2, 0.25) is 0 Å². The molecule has 6 aromatic carbocycles. The molecule has 1 N–H and O–H groups in total. The molecular weight excluding hydrogens is 448 g/mol. The van der Waals surface area contributed by atoms with Gasteiger partial charge in [0, 0.05) is 5.39 Å². The first kappa shape index (κ1) is 20.6. The molecule has 0 bridgehead atoms. The molecule has 1 nitrogen and oxygen atoms in total. The normalized spacial score (nSPS) is 14.2. The second kappa shape index (κ2) is 7.44. The Morgan fingerprint density at radius 3 is 1.54 bits per heavy atom. The maximum absolute atomic E-state index is 10.7. The fourth-order valence-corrected chi connectivity index (χ4v) is 6.99. The highest BCUT2D eigenvalue weighted by Gasteiger charge is 2.50. The molecule has 2 aliphatic carbocycles. The van der Waals surface area contributed by atoms with Crippen molar-refractivity contribution in [3.63, 3.8) is 0 Å². The zero-order chi connectivity index (χ0) is 24.6. The van der Waals surface area contributed by atoms with Gasteiger partial charge < -0.3 is 5.11 Å². The van der Waals surface area contributed by atoms with Crippen molar-refractivity contribution in [1.29, 1.82) is 0 Å². The molecule has 0 aliphatic heterocycles. The molecule has 1 heteroatoms. The van der Waals surface area contributed by atoms with Crippen LogP contribution in [0.15, 0.2) is 127 Å². The first-order chi connectivity index (χ1) is 18.3. The summed E-state index contributed by atoms with van der Waals surface area (Å²) in [5.41, 5.74) is 12.4. The molecule has 0 unspecified atom stereocenters. The Labute approximate surface area is 216 Å². The van der Waals surface area contributed by atoms with Gasteiger partial charge in [0.05, 0.1) is 5.41 Å². The molecule has 8 rings (SSSR count). The summed E-state index contributed by atoms with van der Waals surface area (Å²) in [5, 5.41) is 12.8. The summed E-state index contributed by atoms with van der Waals surface area (Å²) in [4.78, 5) is 0. The van der Waals surface area contributed by atoms with Crippen LogP contribution in [0.2, 0.25) is 0 Å². The van der Waals surface area contributed by atoms with Gasteiger partial charge in [-0.2, -0.15) is 0 Å². The van der Waals surface area contributed by atoms with Crippen LogP contribution >= 0.6 is 0 Å². The van der Waals surface area contributed by atoms with E-state index in [0.29, 0.717) is 5.75 Å². The van der Waals surface area contributed by atoms with Crippen LogP contribution in [-0.2, 0) is 11.8 Å². The third-order valence-electron chi connectivity index (χ3n) is 8.48. The first-order valence-electron chi connectivity index (χ1n) is 12.9. The van der Waals surface area contributed by atoms with E-state index in [1.807, 2.05) is 12.1 Å². The summed E-state index contributed by atoms with van der Waals surface area (Å²) in [5.74, 6) is 0.340. The average molecular weight is 473 g/mol. The molecule has 0 fully saturated rings. The van der Waals surface area contributed by atoms with E-state index in [4.69, 9.17) is 0 Å².